The third kappa shape index (κ3) is 3.61. The Morgan fingerprint density at radius 2 is 1.53 bits per heavy atom. The maximum Gasteiger partial charge on any atom is 0.307 e. The van der Waals surface area contributed by atoms with Crippen molar-refractivity contribution >= 4 is 17.7 Å². The van der Waals surface area contributed by atoms with Crippen LogP contribution in [-0.4, -0.2) is 11.1 Å². The van der Waals surface area contributed by atoms with E-state index in [4.69, 9.17) is 0 Å². The van der Waals surface area contributed by atoms with Gasteiger partial charge in [-0.1, -0.05) is 55.5 Å². The van der Waals surface area contributed by atoms with Gasteiger partial charge < -0.3 is 5.11 Å². The van der Waals surface area contributed by atoms with Gasteiger partial charge in [0.1, 0.15) is 0 Å². The van der Waals surface area contributed by atoms with Gasteiger partial charge in [-0.05, 0) is 17.7 Å². The maximum absolute atomic E-state index is 11.3. The highest BCUT2D eigenvalue weighted by atomic mass is 32.2. The fraction of sp³-hybridized carbons (Fsp3) is 0.188. The normalized spacial score (nSPS) is 13.7. The first-order chi connectivity index (χ1) is 9.18. The highest BCUT2D eigenvalue weighted by molar-refractivity contribution is 7.99. The van der Waals surface area contributed by atoms with Crippen molar-refractivity contribution in [2.45, 2.75) is 17.1 Å². The minimum atomic E-state index is -0.766. The first kappa shape index (κ1) is 13.7. The van der Waals surface area contributed by atoms with Gasteiger partial charge in [0.15, 0.2) is 0 Å². The smallest absolute Gasteiger partial charge is 0.307 e. The first-order valence-corrected chi connectivity index (χ1v) is 7.06. The molecular weight excluding hydrogens is 256 g/mol. The zero-order chi connectivity index (χ0) is 13.7. The molecule has 0 aliphatic heterocycles. The van der Waals surface area contributed by atoms with E-state index in [1.165, 1.54) is 0 Å². The van der Waals surface area contributed by atoms with Gasteiger partial charge in [0, 0.05) is 10.1 Å². The fourth-order valence-electron chi connectivity index (χ4n) is 1.88. The minimum absolute atomic E-state index is 0.0823. The maximum atomic E-state index is 11.3. The lowest BCUT2D eigenvalue weighted by molar-refractivity contribution is -0.141. The largest absolute Gasteiger partial charge is 0.481 e. The molecule has 2 aromatic rings. The van der Waals surface area contributed by atoms with Gasteiger partial charge in [0.2, 0.25) is 0 Å². The topological polar surface area (TPSA) is 37.3 Å². The number of benzene rings is 2. The minimum Gasteiger partial charge on any atom is -0.481 e. The van der Waals surface area contributed by atoms with E-state index < -0.39 is 11.9 Å². The standard InChI is InChI=1S/C16H16O2S/c1-12(16(17)18)15(13-8-4-2-5-9-13)19-14-10-6-3-7-11-14/h2-12,15H,1H3,(H,17,18). The Labute approximate surface area is 117 Å². The van der Waals surface area contributed by atoms with E-state index in [0.29, 0.717) is 0 Å². The van der Waals surface area contributed by atoms with Crippen molar-refractivity contribution in [1.29, 1.82) is 0 Å². The van der Waals surface area contributed by atoms with Gasteiger partial charge in [-0.3, -0.25) is 4.79 Å². The van der Waals surface area contributed by atoms with Crippen LogP contribution in [0.15, 0.2) is 65.6 Å². The molecule has 2 atom stereocenters. The molecule has 0 spiro atoms. The van der Waals surface area contributed by atoms with Crippen LogP contribution >= 0.6 is 11.8 Å². The molecule has 0 heterocycles. The molecule has 0 aliphatic carbocycles. The zero-order valence-electron chi connectivity index (χ0n) is 10.7. The number of carboxylic acids is 1. The van der Waals surface area contributed by atoms with Gasteiger partial charge >= 0.3 is 5.97 Å². The van der Waals surface area contributed by atoms with Crippen molar-refractivity contribution in [2.24, 2.45) is 5.92 Å². The average molecular weight is 272 g/mol. The van der Waals surface area contributed by atoms with E-state index in [-0.39, 0.29) is 5.25 Å². The van der Waals surface area contributed by atoms with Crippen molar-refractivity contribution in [3.63, 3.8) is 0 Å². The Hall–Kier alpha value is -1.74. The van der Waals surface area contributed by atoms with Crippen molar-refractivity contribution in [3.8, 4) is 0 Å². The van der Waals surface area contributed by atoms with Crippen molar-refractivity contribution < 1.29 is 9.90 Å². The third-order valence-corrected chi connectivity index (χ3v) is 4.46. The molecule has 0 saturated carbocycles. The molecule has 0 aliphatic rings. The number of thioether (sulfide) groups is 1. The summed E-state index contributed by atoms with van der Waals surface area (Å²) in [5.74, 6) is -1.20. The van der Waals surface area contributed by atoms with Crippen molar-refractivity contribution in [1.82, 2.24) is 0 Å². The third-order valence-electron chi connectivity index (χ3n) is 2.98. The second-order valence-corrected chi connectivity index (χ2v) is 5.60. The lowest BCUT2D eigenvalue weighted by atomic mass is 10.0. The van der Waals surface area contributed by atoms with E-state index in [2.05, 4.69) is 0 Å². The summed E-state index contributed by atoms with van der Waals surface area (Å²) >= 11 is 1.60. The number of hydrogen-bond donors (Lipinski definition) is 1. The summed E-state index contributed by atoms with van der Waals surface area (Å²) in [6.07, 6.45) is 0. The second kappa shape index (κ2) is 6.43. The van der Waals surface area contributed by atoms with Gasteiger partial charge in [-0.2, -0.15) is 0 Å². The Balaban J connectivity index is 2.27. The van der Waals surface area contributed by atoms with Crippen molar-refractivity contribution in [2.75, 3.05) is 0 Å². The molecule has 2 unspecified atom stereocenters. The molecule has 98 valence electrons. The molecular formula is C16H16O2S. The number of hydrogen-bond acceptors (Lipinski definition) is 2. The molecule has 2 aromatic carbocycles. The van der Waals surface area contributed by atoms with Crippen LogP contribution < -0.4 is 0 Å². The Morgan fingerprint density at radius 3 is 2.05 bits per heavy atom. The molecule has 19 heavy (non-hydrogen) atoms. The highest BCUT2D eigenvalue weighted by Crippen LogP contribution is 2.40. The SMILES string of the molecule is CC(C(=O)O)C(Sc1ccccc1)c1ccccc1. The monoisotopic (exact) mass is 272 g/mol. The molecule has 1 N–H and O–H groups in total. The van der Waals surface area contributed by atoms with E-state index in [9.17, 15) is 9.90 Å². The van der Waals surface area contributed by atoms with E-state index >= 15 is 0 Å². The summed E-state index contributed by atoms with van der Waals surface area (Å²) in [6.45, 7) is 1.76. The van der Waals surface area contributed by atoms with Gasteiger partial charge in [-0.15, -0.1) is 11.8 Å². The molecule has 2 nitrogen and oxygen atoms in total. The molecule has 0 aromatic heterocycles. The van der Waals surface area contributed by atoms with Gasteiger partial charge in [0.25, 0.3) is 0 Å². The number of carboxylic acid groups (broad SMARTS) is 1. The zero-order valence-corrected chi connectivity index (χ0v) is 11.5. The quantitative estimate of drug-likeness (QED) is 0.827. The van der Waals surface area contributed by atoms with Gasteiger partial charge in [0.05, 0.1) is 5.92 Å². The molecule has 0 bridgehead atoms. The molecule has 0 radical (unpaired) electrons. The highest BCUT2D eigenvalue weighted by Gasteiger charge is 2.26. The van der Waals surface area contributed by atoms with Crippen LogP contribution in [0.4, 0.5) is 0 Å². The average Bonchev–Trinajstić information content (AvgIpc) is 2.46. The van der Waals surface area contributed by atoms with Crippen LogP contribution in [0.1, 0.15) is 17.7 Å². The Kier molecular flexibility index (Phi) is 4.63. The van der Waals surface area contributed by atoms with E-state index in [1.807, 2.05) is 60.7 Å². The summed E-state index contributed by atoms with van der Waals surface area (Å²) in [5, 5.41) is 9.20. The van der Waals surface area contributed by atoms with E-state index in [0.717, 1.165) is 10.5 Å². The van der Waals surface area contributed by atoms with Crippen molar-refractivity contribution in [3.05, 3.63) is 66.2 Å². The summed E-state index contributed by atoms with van der Waals surface area (Å²) in [4.78, 5) is 12.4. The van der Waals surface area contributed by atoms with Crippen LogP contribution in [0, 0.1) is 5.92 Å². The summed E-state index contributed by atoms with van der Waals surface area (Å²) in [5.41, 5.74) is 1.05. The predicted molar refractivity (Wildman–Crippen MR) is 78.3 cm³/mol. The number of carbonyl (C=O) groups is 1. The second-order valence-electron chi connectivity index (χ2n) is 4.39. The molecule has 0 fully saturated rings. The Morgan fingerprint density at radius 1 is 1.00 bits per heavy atom. The summed E-state index contributed by atoms with van der Waals surface area (Å²) in [7, 11) is 0. The number of rotatable bonds is 5. The summed E-state index contributed by atoms with van der Waals surface area (Å²) in [6, 6.07) is 19.7. The van der Waals surface area contributed by atoms with Crippen LogP contribution in [-0.2, 0) is 4.79 Å². The fourth-order valence-corrected chi connectivity index (χ4v) is 3.10. The molecule has 0 amide bonds. The Bertz CT molecular complexity index is 525. The van der Waals surface area contributed by atoms with Crippen LogP contribution in [0.3, 0.4) is 0 Å². The summed E-state index contributed by atoms with van der Waals surface area (Å²) < 4.78 is 0. The predicted octanol–water partition coefficient (Wildman–Crippen LogP) is 4.24. The first-order valence-electron chi connectivity index (χ1n) is 6.18. The number of aliphatic carboxylic acids is 1. The molecule has 3 heteroatoms. The van der Waals surface area contributed by atoms with Gasteiger partial charge in [-0.25, -0.2) is 0 Å². The van der Waals surface area contributed by atoms with Crippen LogP contribution in [0.25, 0.3) is 0 Å². The van der Waals surface area contributed by atoms with E-state index in [1.54, 1.807) is 18.7 Å². The lowest BCUT2D eigenvalue weighted by Gasteiger charge is -2.21. The molecule has 2 rings (SSSR count). The van der Waals surface area contributed by atoms with Crippen LogP contribution in [0.2, 0.25) is 0 Å². The lowest BCUT2D eigenvalue weighted by Crippen LogP contribution is -2.16. The molecule has 0 saturated heterocycles. The van der Waals surface area contributed by atoms with Crippen LogP contribution in [0.5, 0.6) is 0 Å².